The van der Waals surface area contributed by atoms with Gasteiger partial charge in [-0.15, -0.1) is 11.3 Å². The molecule has 0 aromatic carbocycles. The molecule has 16 heavy (non-hydrogen) atoms. The first kappa shape index (κ1) is 13.7. The van der Waals surface area contributed by atoms with Crippen LogP contribution < -0.4 is 5.32 Å². The predicted molar refractivity (Wildman–Crippen MR) is 71.9 cm³/mol. The van der Waals surface area contributed by atoms with Gasteiger partial charge in [-0.3, -0.25) is 4.98 Å². The topological polar surface area (TPSA) is 24.9 Å². The number of thiazole rings is 1. The lowest BCUT2D eigenvalue weighted by Crippen LogP contribution is -2.36. The van der Waals surface area contributed by atoms with E-state index in [1.807, 2.05) is 11.7 Å². The van der Waals surface area contributed by atoms with Gasteiger partial charge in [0.1, 0.15) is 0 Å². The number of nitrogens with one attached hydrogen (secondary N) is 1. The molecule has 0 aliphatic carbocycles. The minimum atomic E-state index is 0.339. The fourth-order valence-electron chi connectivity index (χ4n) is 1.65. The summed E-state index contributed by atoms with van der Waals surface area (Å²) in [6.45, 7) is 12.4. The number of aromatic nitrogens is 1. The Morgan fingerprint density at radius 3 is 2.50 bits per heavy atom. The molecule has 0 radical (unpaired) electrons. The Labute approximate surface area is 103 Å². The van der Waals surface area contributed by atoms with Crippen molar-refractivity contribution in [3.05, 3.63) is 16.6 Å². The minimum Gasteiger partial charge on any atom is -0.314 e. The number of rotatable bonds is 5. The zero-order valence-electron chi connectivity index (χ0n) is 11.1. The fourth-order valence-corrected chi connectivity index (χ4v) is 2.32. The van der Waals surface area contributed by atoms with Gasteiger partial charge in [0.05, 0.1) is 5.51 Å². The molecule has 1 atom stereocenters. The maximum absolute atomic E-state index is 4.15. The SMILES string of the molecule is CC(C)NCC(Cc1cncs1)C(C)(C)C. The minimum absolute atomic E-state index is 0.339. The number of hydrogen-bond acceptors (Lipinski definition) is 3. The van der Waals surface area contributed by atoms with E-state index in [9.17, 15) is 0 Å². The van der Waals surface area contributed by atoms with E-state index in [2.05, 4.69) is 44.9 Å². The Bertz CT molecular complexity index is 285. The highest BCUT2D eigenvalue weighted by atomic mass is 32.1. The van der Waals surface area contributed by atoms with Crippen molar-refractivity contribution in [2.75, 3.05) is 6.54 Å². The van der Waals surface area contributed by atoms with Crippen LogP contribution in [0.4, 0.5) is 0 Å². The number of nitrogens with zero attached hydrogens (tertiary/aromatic N) is 1. The summed E-state index contributed by atoms with van der Waals surface area (Å²) in [5, 5.41) is 3.55. The standard InChI is InChI=1S/C13H24N2S/c1-10(2)15-7-11(13(3,4)5)6-12-8-14-9-16-12/h8-11,15H,6-7H2,1-5H3. The summed E-state index contributed by atoms with van der Waals surface area (Å²) in [7, 11) is 0. The predicted octanol–water partition coefficient (Wildman–Crippen LogP) is 3.35. The van der Waals surface area contributed by atoms with Crippen molar-refractivity contribution >= 4 is 11.3 Å². The molecule has 1 N–H and O–H groups in total. The first-order valence-electron chi connectivity index (χ1n) is 6.00. The molecule has 0 amide bonds. The van der Waals surface area contributed by atoms with Crippen molar-refractivity contribution in [2.24, 2.45) is 11.3 Å². The highest BCUT2D eigenvalue weighted by Gasteiger charge is 2.25. The van der Waals surface area contributed by atoms with Gasteiger partial charge in [-0.1, -0.05) is 34.6 Å². The second-order valence-corrected chi connectivity index (χ2v) is 6.77. The Balaban J connectivity index is 2.58. The Morgan fingerprint density at radius 1 is 1.38 bits per heavy atom. The van der Waals surface area contributed by atoms with Gasteiger partial charge in [0, 0.05) is 17.1 Å². The zero-order chi connectivity index (χ0) is 12.2. The average molecular weight is 240 g/mol. The Hall–Kier alpha value is -0.410. The lowest BCUT2D eigenvalue weighted by atomic mass is 9.78. The van der Waals surface area contributed by atoms with Gasteiger partial charge in [-0.05, 0) is 24.3 Å². The molecule has 0 spiro atoms. The van der Waals surface area contributed by atoms with E-state index in [-0.39, 0.29) is 0 Å². The summed E-state index contributed by atoms with van der Waals surface area (Å²) in [6, 6.07) is 0.561. The second kappa shape index (κ2) is 5.78. The average Bonchev–Trinajstić information content (AvgIpc) is 2.62. The van der Waals surface area contributed by atoms with Crippen LogP contribution >= 0.6 is 11.3 Å². The summed E-state index contributed by atoms with van der Waals surface area (Å²) in [5.41, 5.74) is 2.26. The summed E-state index contributed by atoms with van der Waals surface area (Å²) >= 11 is 1.76. The van der Waals surface area contributed by atoms with E-state index in [0.29, 0.717) is 17.4 Å². The first-order valence-corrected chi connectivity index (χ1v) is 6.88. The molecular weight excluding hydrogens is 216 g/mol. The highest BCUT2D eigenvalue weighted by Crippen LogP contribution is 2.29. The first-order chi connectivity index (χ1) is 7.39. The van der Waals surface area contributed by atoms with Crippen molar-refractivity contribution < 1.29 is 0 Å². The second-order valence-electron chi connectivity index (χ2n) is 5.80. The van der Waals surface area contributed by atoms with Crippen LogP contribution in [0.5, 0.6) is 0 Å². The van der Waals surface area contributed by atoms with Crippen molar-refractivity contribution in [1.29, 1.82) is 0 Å². The van der Waals surface area contributed by atoms with Crippen LogP contribution in [0.25, 0.3) is 0 Å². The third-order valence-electron chi connectivity index (χ3n) is 2.93. The molecule has 0 saturated carbocycles. The van der Waals surface area contributed by atoms with Gasteiger partial charge in [0.2, 0.25) is 0 Å². The van der Waals surface area contributed by atoms with Gasteiger partial charge >= 0.3 is 0 Å². The summed E-state index contributed by atoms with van der Waals surface area (Å²) in [6.07, 6.45) is 3.13. The molecule has 0 aliphatic heterocycles. The van der Waals surface area contributed by atoms with Crippen LogP contribution in [-0.4, -0.2) is 17.6 Å². The van der Waals surface area contributed by atoms with Crippen molar-refractivity contribution in [2.45, 2.75) is 47.1 Å². The molecule has 2 nitrogen and oxygen atoms in total. The molecule has 0 saturated heterocycles. The van der Waals surface area contributed by atoms with Crippen LogP contribution in [0.1, 0.15) is 39.5 Å². The molecule has 1 aromatic heterocycles. The molecule has 92 valence electrons. The van der Waals surface area contributed by atoms with E-state index in [0.717, 1.165) is 13.0 Å². The molecule has 0 fully saturated rings. The van der Waals surface area contributed by atoms with Crippen molar-refractivity contribution in [1.82, 2.24) is 10.3 Å². The normalized spacial score (nSPS) is 14.4. The van der Waals surface area contributed by atoms with E-state index in [1.54, 1.807) is 11.3 Å². The van der Waals surface area contributed by atoms with E-state index >= 15 is 0 Å². The van der Waals surface area contributed by atoms with E-state index < -0.39 is 0 Å². The summed E-state index contributed by atoms with van der Waals surface area (Å²) in [4.78, 5) is 5.54. The van der Waals surface area contributed by atoms with Gasteiger partial charge in [-0.2, -0.15) is 0 Å². The Morgan fingerprint density at radius 2 is 2.06 bits per heavy atom. The van der Waals surface area contributed by atoms with Gasteiger partial charge < -0.3 is 5.32 Å². The van der Waals surface area contributed by atoms with Crippen LogP contribution in [0.3, 0.4) is 0 Å². The molecule has 0 aliphatic rings. The summed E-state index contributed by atoms with van der Waals surface area (Å²) in [5.74, 6) is 0.662. The molecule has 1 heterocycles. The number of hydrogen-bond donors (Lipinski definition) is 1. The van der Waals surface area contributed by atoms with Crippen molar-refractivity contribution in [3.63, 3.8) is 0 Å². The molecular formula is C13H24N2S. The van der Waals surface area contributed by atoms with Crippen LogP contribution in [0.15, 0.2) is 11.7 Å². The van der Waals surface area contributed by atoms with Crippen molar-refractivity contribution in [3.8, 4) is 0 Å². The molecule has 3 heteroatoms. The van der Waals surface area contributed by atoms with Crippen LogP contribution in [-0.2, 0) is 6.42 Å². The third kappa shape index (κ3) is 4.62. The largest absolute Gasteiger partial charge is 0.314 e. The lowest BCUT2D eigenvalue weighted by molar-refractivity contribution is 0.227. The van der Waals surface area contributed by atoms with Crippen LogP contribution in [0.2, 0.25) is 0 Å². The van der Waals surface area contributed by atoms with E-state index in [1.165, 1.54) is 4.88 Å². The maximum Gasteiger partial charge on any atom is 0.0794 e. The quantitative estimate of drug-likeness (QED) is 0.854. The maximum atomic E-state index is 4.15. The molecule has 1 unspecified atom stereocenters. The Kier molecular flexibility index (Phi) is 4.93. The molecule has 0 bridgehead atoms. The van der Waals surface area contributed by atoms with E-state index in [4.69, 9.17) is 0 Å². The third-order valence-corrected chi connectivity index (χ3v) is 3.73. The van der Waals surface area contributed by atoms with Gasteiger partial charge in [0.15, 0.2) is 0 Å². The zero-order valence-corrected chi connectivity index (χ0v) is 11.9. The highest BCUT2D eigenvalue weighted by molar-refractivity contribution is 7.09. The summed E-state index contributed by atoms with van der Waals surface area (Å²) < 4.78 is 0. The molecule has 1 aromatic rings. The lowest BCUT2D eigenvalue weighted by Gasteiger charge is -2.31. The fraction of sp³-hybridized carbons (Fsp3) is 0.769. The monoisotopic (exact) mass is 240 g/mol. The van der Waals surface area contributed by atoms with Gasteiger partial charge in [-0.25, -0.2) is 0 Å². The van der Waals surface area contributed by atoms with Crippen LogP contribution in [0, 0.1) is 11.3 Å². The smallest absolute Gasteiger partial charge is 0.0794 e. The van der Waals surface area contributed by atoms with Gasteiger partial charge in [0.25, 0.3) is 0 Å². The molecule has 1 rings (SSSR count).